The van der Waals surface area contributed by atoms with Gasteiger partial charge in [-0.25, -0.2) is 0 Å². The van der Waals surface area contributed by atoms with Crippen LogP contribution in [0.2, 0.25) is 0 Å². The maximum Gasteiger partial charge on any atom is 0.239 e. The van der Waals surface area contributed by atoms with Crippen LogP contribution in [0, 0.1) is 0 Å². The maximum atomic E-state index is 5.74. The van der Waals surface area contributed by atoms with E-state index < -0.39 is 0 Å². The quantitative estimate of drug-likeness (QED) is 0.799. The summed E-state index contributed by atoms with van der Waals surface area (Å²) in [6.45, 7) is 5.53. The minimum absolute atomic E-state index is 0.504. The number of pyridine rings is 1. The molecule has 0 aliphatic carbocycles. The number of ether oxygens (including phenoxy) is 1. The predicted molar refractivity (Wildman–Crippen MR) is 71.3 cm³/mol. The Morgan fingerprint density at radius 3 is 2.94 bits per heavy atom. The molecule has 0 aromatic carbocycles. The zero-order valence-corrected chi connectivity index (χ0v) is 10.8. The van der Waals surface area contributed by atoms with Crippen LogP contribution >= 0.6 is 11.8 Å². The summed E-state index contributed by atoms with van der Waals surface area (Å²) in [7, 11) is 0. The fourth-order valence-corrected chi connectivity index (χ4v) is 1.38. The van der Waals surface area contributed by atoms with E-state index in [2.05, 4.69) is 23.5 Å². The molecule has 0 spiro atoms. The van der Waals surface area contributed by atoms with Crippen molar-refractivity contribution < 1.29 is 4.74 Å². The van der Waals surface area contributed by atoms with Gasteiger partial charge in [-0.05, 0) is 25.3 Å². The monoisotopic (exact) mass is 241 g/mol. The number of anilines is 2. The predicted octanol–water partition coefficient (Wildman–Crippen LogP) is 2.23. The Labute approximate surface area is 101 Å². The third kappa shape index (κ3) is 3.81. The van der Waals surface area contributed by atoms with Crippen LogP contribution in [0.1, 0.15) is 13.8 Å². The largest absolute Gasteiger partial charge is 0.476 e. The first-order valence-electron chi connectivity index (χ1n) is 5.33. The first kappa shape index (κ1) is 13.0. The van der Waals surface area contributed by atoms with Crippen molar-refractivity contribution in [3.63, 3.8) is 0 Å². The van der Waals surface area contributed by atoms with Gasteiger partial charge in [0.2, 0.25) is 5.88 Å². The zero-order chi connectivity index (χ0) is 12.0. The summed E-state index contributed by atoms with van der Waals surface area (Å²) < 4.78 is 5.33. The summed E-state index contributed by atoms with van der Waals surface area (Å²) in [5.41, 5.74) is 6.31. The molecule has 0 fully saturated rings. The van der Waals surface area contributed by atoms with Crippen molar-refractivity contribution >= 4 is 23.3 Å². The minimum atomic E-state index is 0.504. The molecule has 0 saturated heterocycles. The number of hydrogen-bond donors (Lipinski definition) is 2. The van der Waals surface area contributed by atoms with Crippen molar-refractivity contribution in [1.29, 1.82) is 0 Å². The lowest BCUT2D eigenvalue weighted by Gasteiger charge is -2.12. The highest BCUT2D eigenvalue weighted by Crippen LogP contribution is 2.21. The van der Waals surface area contributed by atoms with Gasteiger partial charge in [0.1, 0.15) is 5.82 Å². The van der Waals surface area contributed by atoms with E-state index in [0.29, 0.717) is 23.4 Å². The Balaban J connectivity index is 2.63. The highest BCUT2D eigenvalue weighted by Gasteiger charge is 2.04. The van der Waals surface area contributed by atoms with Crippen LogP contribution in [-0.2, 0) is 0 Å². The zero-order valence-electron chi connectivity index (χ0n) is 9.99. The summed E-state index contributed by atoms with van der Waals surface area (Å²) in [6, 6.07) is 3.68. The van der Waals surface area contributed by atoms with Crippen LogP contribution in [0.5, 0.6) is 5.88 Å². The molecule has 90 valence electrons. The number of thioether (sulfide) groups is 1. The lowest BCUT2D eigenvalue weighted by Crippen LogP contribution is -2.14. The minimum Gasteiger partial charge on any atom is -0.476 e. The summed E-state index contributed by atoms with van der Waals surface area (Å²) in [5.74, 6) is 1.31. The lowest BCUT2D eigenvalue weighted by molar-refractivity contribution is 0.329. The molecule has 0 amide bonds. The average Bonchev–Trinajstić information content (AvgIpc) is 2.30. The van der Waals surface area contributed by atoms with Crippen molar-refractivity contribution in [3.05, 3.63) is 12.1 Å². The van der Waals surface area contributed by atoms with Gasteiger partial charge in [0.25, 0.3) is 0 Å². The molecular formula is C11H19N3OS. The Bertz CT molecular complexity index is 333. The van der Waals surface area contributed by atoms with Crippen molar-refractivity contribution in [1.82, 2.24) is 4.98 Å². The molecule has 1 unspecified atom stereocenters. The second kappa shape index (κ2) is 6.48. The van der Waals surface area contributed by atoms with Gasteiger partial charge < -0.3 is 15.8 Å². The van der Waals surface area contributed by atoms with Gasteiger partial charge in [-0.1, -0.05) is 6.92 Å². The Hall–Kier alpha value is -1.10. The molecule has 4 nitrogen and oxygen atoms in total. The van der Waals surface area contributed by atoms with Gasteiger partial charge >= 0.3 is 0 Å². The maximum absolute atomic E-state index is 5.74. The standard InChI is InChI=1S/C11H19N3OS/c1-4-15-11-9(12)5-6-10(14-11)13-7-8(2)16-3/h5-6,8H,4,7,12H2,1-3H3,(H,13,14). The molecule has 5 heteroatoms. The number of nitrogen functional groups attached to an aromatic ring is 1. The molecule has 1 atom stereocenters. The van der Waals surface area contributed by atoms with E-state index in [4.69, 9.17) is 10.5 Å². The molecule has 1 aromatic heterocycles. The van der Waals surface area contributed by atoms with Crippen LogP contribution < -0.4 is 15.8 Å². The molecule has 1 heterocycles. The highest BCUT2D eigenvalue weighted by atomic mass is 32.2. The van der Waals surface area contributed by atoms with E-state index in [1.807, 2.05) is 30.8 Å². The third-order valence-electron chi connectivity index (χ3n) is 2.14. The molecule has 0 saturated carbocycles. The first-order chi connectivity index (χ1) is 7.67. The fourth-order valence-electron chi connectivity index (χ4n) is 1.13. The molecule has 0 bridgehead atoms. The fraction of sp³-hybridized carbons (Fsp3) is 0.545. The number of nitrogens with zero attached hydrogens (tertiary/aromatic N) is 1. The molecule has 1 rings (SSSR count). The van der Waals surface area contributed by atoms with Gasteiger partial charge in [-0.2, -0.15) is 16.7 Å². The Morgan fingerprint density at radius 1 is 1.56 bits per heavy atom. The van der Waals surface area contributed by atoms with Crippen LogP contribution in [0.4, 0.5) is 11.5 Å². The van der Waals surface area contributed by atoms with Crippen LogP contribution in [0.3, 0.4) is 0 Å². The van der Waals surface area contributed by atoms with Crippen LogP contribution in [0.25, 0.3) is 0 Å². The highest BCUT2D eigenvalue weighted by molar-refractivity contribution is 7.99. The smallest absolute Gasteiger partial charge is 0.239 e. The van der Waals surface area contributed by atoms with E-state index >= 15 is 0 Å². The van der Waals surface area contributed by atoms with Crippen LogP contribution in [-0.4, -0.2) is 29.6 Å². The van der Waals surface area contributed by atoms with E-state index in [9.17, 15) is 0 Å². The number of hydrogen-bond acceptors (Lipinski definition) is 5. The molecule has 16 heavy (non-hydrogen) atoms. The lowest BCUT2D eigenvalue weighted by atomic mass is 10.4. The number of aromatic nitrogens is 1. The van der Waals surface area contributed by atoms with Crippen molar-refractivity contribution in [2.45, 2.75) is 19.1 Å². The van der Waals surface area contributed by atoms with Gasteiger partial charge in [0.05, 0.1) is 12.3 Å². The van der Waals surface area contributed by atoms with Gasteiger partial charge in [0, 0.05) is 11.8 Å². The Morgan fingerprint density at radius 2 is 2.31 bits per heavy atom. The number of nitrogens with two attached hydrogens (primary N) is 1. The van der Waals surface area contributed by atoms with Gasteiger partial charge in [-0.15, -0.1) is 0 Å². The molecular weight excluding hydrogens is 222 g/mol. The van der Waals surface area contributed by atoms with E-state index in [1.54, 1.807) is 0 Å². The number of nitrogens with one attached hydrogen (secondary N) is 1. The van der Waals surface area contributed by atoms with Gasteiger partial charge in [0.15, 0.2) is 0 Å². The topological polar surface area (TPSA) is 60.2 Å². The Kier molecular flexibility index (Phi) is 5.25. The third-order valence-corrected chi connectivity index (χ3v) is 3.12. The second-order valence-corrected chi connectivity index (χ2v) is 4.73. The molecule has 0 aliphatic rings. The summed E-state index contributed by atoms with van der Waals surface area (Å²) in [6.07, 6.45) is 2.09. The van der Waals surface area contributed by atoms with E-state index in [-0.39, 0.29) is 0 Å². The SMILES string of the molecule is CCOc1nc(NCC(C)SC)ccc1N. The van der Waals surface area contributed by atoms with Crippen molar-refractivity contribution in [2.75, 3.05) is 30.5 Å². The van der Waals surface area contributed by atoms with E-state index in [0.717, 1.165) is 12.4 Å². The first-order valence-corrected chi connectivity index (χ1v) is 6.62. The molecule has 0 radical (unpaired) electrons. The van der Waals surface area contributed by atoms with Crippen molar-refractivity contribution in [2.24, 2.45) is 0 Å². The normalized spacial score (nSPS) is 12.2. The van der Waals surface area contributed by atoms with Crippen molar-refractivity contribution in [3.8, 4) is 5.88 Å². The summed E-state index contributed by atoms with van der Waals surface area (Å²) >= 11 is 1.82. The molecule has 1 aromatic rings. The van der Waals surface area contributed by atoms with Gasteiger partial charge in [-0.3, -0.25) is 0 Å². The summed E-state index contributed by atoms with van der Waals surface area (Å²) in [5, 5.41) is 3.80. The molecule has 0 aliphatic heterocycles. The van der Waals surface area contributed by atoms with Crippen LogP contribution in [0.15, 0.2) is 12.1 Å². The summed E-state index contributed by atoms with van der Waals surface area (Å²) in [4.78, 5) is 4.30. The second-order valence-electron chi connectivity index (χ2n) is 3.45. The number of rotatable bonds is 6. The average molecular weight is 241 g/mol. The van der Waals surface area contributed by atoms with E-state index in [1.165, 1.54) is 0 Å². The molecule has 3 N–H and O–H groups in total.